The van der Waals surface area contributed by atoms with E-state index in [1.165, 1.54) is 4.88 Å². The quantitative estimate of drug-likeness (QED) is 0.845. The topological polar surface area (TPSA) is 57.6 Å². The Bertz CT molecular complexity index is 400. The number of hydrogen-bond acceptors (Lipinski definition) is 3. The lowest BCUT2D eigenvalue weighted by Crippen LogP contribution is -2.29. The second-order valence-electron chi connectivity index (χ2n) is 4.00. The Morgan fingerprint density at radius 1 is 1.41 bits per heavy atom. The van der Waals surface area contributed by atoms with Crippen LogP contribution in [0.25, 0.3) is 0 Å². The minimum atomic E-state index is -0.820. The van der Waals surface area contributed by atoms with Gasteiger partial charge in [0.15, 0.2) is 0 Å². The van der Waals surface area contributed by atoms with E-state index < -0.39 is 5.97 Å². The molecule has 0 aliphatic rings. The molecule has 1 N–H and O–H groups in total. The highest BCUT2D eigenvalue weighted by Crippen LogP contribution is 2.16. The van der Waals surface area contributed by atoms with Crippen molar-refractivity contribution < 1.29 is 14.7 Å². The molecule has 94 valence electrons. The van der Waals surface area contributed by atoms with Crippen LogP contribution in [0.4, 0.5) is 0 Å². The number of carbonyl (C=O) groups excluding carboxylic acids is 1. The maximum Gasteiger partial charge on any atom is 0.303 e. The number of nitrogens with zero attached hydrogens (tertiary/aromatic N) is 1. The summed E-state index contributed by atoms with van der Waals surface area (Å²) in [6.45, 7) is 2.50. The molecule has 1 rings (SSSR count). The molecule has 17 heavy (non-hydrogen) atoms. The lowest BCUT2D eigenvalue weighted by Gasteiger charge is -2.15. The van der Waals surface area contributed by atoms with Gasteiger partial charge in [0.05, 0.1) is 6.42 Å². The van der Waals surface area contributed by atoms with E-state index >= 15 is 0 Å². The van der Waals surface area contributed by atoms with E-state index in [1.54, 1.807) is 23.3 Å². The third kappa shape index (κ3) is 4.99. The van der Waals surface area contributed by atoms with Crippen molar-refractivity contribution in [3.8, 4) is 0 Å². The van der Waals surface area contributed by atoms with Gasteiger partial charge in [-0.2, -0.15) is 0 Å². The van der Waals surface area contributed by atoms with Crippen molar-refractivity contribution in [2.24, 2.45) is 0 Å². The number of aliphatic carboxylic acids is 1. The van der Waals surface area contributed by atoms with Crippen LogP contribution in [-0.4, -0.2) is 35.5 Å². The van der Waals surface area contributed by atoms with Crippen LogP contribution in [0.3, 0.4) is 0 Å². The van der Waals surface area contributed by atoms with Crippen LogP contribution in [0.15, 0.2) is 12.1 Å². The van der Waals surface area contributed by atoms with Crippen molar-refractivity contribution >= 4 is 23.2 Å². The van der Waals surface area contributed by atoms with Crippen LogP contribution in [-0.2, 0) is 16.0 Å². The minimum Gasteiger partial charge on any atom is -0.481 e. The minimum absolute atomic E-state index is 0.0391. The molecule has 0 unspecified atom stereocenters. The molecule has 5 heteroatoms. The van der Waals surface area contributed by atoms with E-state index in [1.807, 2.05) is 19.1 Å². The van der Waals surface area contributed by atoms with Crippen molar-refractivity contribution in [1.82, 2.24) is 4.90 Å². The molecule has 1 aromatic rings. The van der Waals surface area contributed by atoms with Crippen LogP contribution in [0, 0.1) is 6.92 Å². The van der Waals surface area contributed by atoms with E-state index in [9.17, 15) is 9.59 Å². The van der Waals surface area contributed by atoms with Gasteiger partial charge in [0.1, 0.15) is 0 Å². The number of thiophene rings is 1. The summed E-state index contributed by atoms with van der Waals surface area (Å²) in [6.07, 6.45) is 1.01. The lowest BCUT2D eigenvalue weighted by molar-refractivity contribution is -0.137. The Morgan fingerprint density at radius 3 is 2.65 bits per heavy atom. The summed E-state index contributed by atoms with van der Waals surface area (Å²) in [5, 5.41) is 8.50. The molecule has 0 bridgehead atoms. The molecule has 0 aliphatic heterocycles. The van der Waals surface area contributed by atoms with E-state index in [-0.39, 0.29) is 12.3 Å². The molecule has 4 nitrogen and oxygen atoms in total. The number of aryl methyl sites for hydroxylation is 1. The molecule has 1 amide bonds. The zero-order chi connectivity index (χ0) is 12.8. The van der Waals surface area contributed by atoms with E-state index in [4.69, 9.17) is 5.11 Å². The number of amides is 1. The molecular formula is C12H17NO3S. The summed E-state index contributed by atoms with van der Waals surface area (Å²) in [5.74, 6) is -0.781. The molecule has 0 fully saturated rings. The smallest absolute Gasteiger partial charge is 0.303 e. The van der Waals surface area contributed by atoms with Crippen molar-refractivity contribution in [3.63, 3.8) is 0 Å². The monoisotopic (exact) mass is 255 g/mol. The molecule has 0 aliphatic carbocycles. The van der Waals surface area contributed by atoms with Gasteiger partial charge in [0.2, 0.25) is 5.91 Å². The number of carboxylic acids is 1. The highest BCUT2D eigenvalue weighted by Gasteiger charge is 2.11. The highest BCUT2D eigenvalue weighted by molar-refractivity contribution is 7.12. The van der Waals surface area contributed by atoms with Crippen LogP contribution in [0.2, 0.25) is 0 Å². The maximum atomic E-state index is 11.8. The summed E-state index contributed by atoms with van der Waals surface area (Å²) in [5.41, 5.74) is 0. The summed E-state index contributed by atoms with van der Waals surface area (Å²) in [4.78, 5) is 26.0. The van der Waals surface area contributed by atoms with Gasteiger partial charge in [-0.25, -0.2) is 0 Å². The van der Waals surface area contributed by atoms with Crippen molar-refractivity contribution in [2.45, 2.75) is 26.2 Å². The fourth-order valence-corrected chi connectivity index (χ4v) is 2.34. The number of carboxylic acid groups (broad SMARTS) is 1. The first-order valence-corrected chi connectivity index (χ1v) is 6.31. The number of carbonyl (C=O) groups is 2. The average Bonchev–Trinajstić information content (AvgIpc) is 2.63. The predicted molar refractivity (Wildman–Crippen MR) is 67.3 cm³/mol. The van der Waals surface area contributed by atoms with Gasteiger partial charge < -0.3 is 10.0 Å². The Morgan fingerprint density at radius 2 is 2.12 bits per heavy atom. The van der Waals surface area contributed by atoms with E-state index in [0.717, 1.165) is 4.88 Å². The Kier molecular flexibility index (Phi) is 5.15. The molecule has 0 saturated heterocycles. The molecule has 1 heterocycles. The zero-order valence-electron chi connectivity index (χ0n) is 10.1. The number of likely N-dealkylation sites (N-methyl/N-ethyl adjacent to an activating group) is 1. The standard InChI is InChI=1S/C12H17NO3S/c1-9-5-6-10(17-9)8-11(14)13(2)7-3-4-12(15)16/h5-6H,3-4,7-8H2,1-2H3,(H,15,16). The van der Waals surface area contributed by atoms with Crippen molar-refractivity contribution in [2.75, 3.05) is 13.6 Å². The number of rotatable bonds is 6. The summed E-state index contributed by atoms with van der Waals surface area (Å²) < 4.78 is 0. The first-order chi connectivity index (χ1) is 7.99. The fourth-order valence-electron chi connectivity index (χ4n) is 1.46. The lowest BCUT2D eigenvalue weighted by atomic mass is 10.2. The van der Waals surface area contributed by atoms with Crippen LogP contribution < -0.4 is 0 Å². The third-order valence-corrected chi connectivity index (χ3v) is 3.43. The molecule has 0 radical (unpaired) electrons. The fraction of sp³-hybridized carbons (Fsp3) is 0.500. The van der Waals surface area contributed by atoms with Gasteiger partial charge in [-0.3, -0.25) is 9.59 Å². The van der Waals surface area contributed by atoms with Crippen LogP contribution in [0.1, 0.15) is 22.6 Å². The van der Waals surface area contributed by atoms with Gasteiger partial charge in [-0.1, -0.05) is 0 Å². The second kappa shape index (κ2) is 6.39. The van der Waals surface area contributed by atoms with E-state index in [0.29, 0.717) is 19.4 Å². The average molecular weight is 255 g/mol. The highest BCUT2D eigenvalue weighted by atomic mass is 32.1. The van der Waals surface area contributed by atoms with Gasteiger partial charge in [0.25, 0.3) is 0 Å². The molecular weight excluding hydrogens is 238 g/mol. The molecule has 0 saturated carbocycles. The largest absolute Gasteiger partial charge is 0.481 e. The molecule has 0 spiro atoms. The van der Waals surface area contributed by atoms with Crippen molar-refractivity contribution in [3.05, 3.63) is 21.9 Å². The zero-order valence-corrected chi connectivity index (χ0v) is 10.9. The number of hydrogen-bond donors (Lipinski definition) is 1. The van der Waals surface area contributed by atoms with Gasteiger partial charge in [-0.15, -0.1) is 11.3 Å². The van der Waals surface area contributed by atoms with E-state index in [2.05, 4.69) is 0 Å². The summed E-state index contributed by atoms with van der Waals surface area (Å²) >= 11 is 1.62. The first kappa shape index (κ1) is 13.7. The Hall–Kier alpha value is -1.36. The molecule has 1 aromatic heterocycles. The molecule has 0 aromatic carbocycles. The summed E-state index contributed by atoms with van der Waals surface area (Å²) in [6, 6.07) is 3.96. The SMILES string of the molecule is Cc1ccc(CC(=O)N(C)CCCC(=O)O)s1. The van der Waals surface area contributed by atoms with Crippen molar-refractivity contribution in [1.29, 1.82) is 0 Å². The molecule has 0 atom stereocenters. The first-order valence-electron chi connectivity index (χ1n) is 5.50. The van der Waals surface area contributed by atoms with Gasteiger partial charge in [-0.05, 0) is 25.5 Å². The predicted octanol–water partition coefficient (Wildman–Crippen LogP) is 1.92. The normalized spacial score (nSPS) is 10.2. The third-order valence-electron chi connectivity index (χ3n) is 2.43. The van der Waals surface area contributed by atoms with Gasteiger partial charge in [0, 0.05) is 29.8 Å². The summed E-state index contributed by atoms with van der Waals surface area (Å²) in [7, 11) is 1.71. The second-order valence-corrected chi connectivity index (χ2v) is 5.37. The maximum absolute atomic E-state index is 11.8. The Balaban J connectivity index is 2.34. The van der Waals surface area contributed by atoms with Crippen LogP contribution in [0.5, 0.6) is 0 Å². The van der Waals surface area contributed by atoms with Gasteiger partial charge >= 0.3 is 5.97 Å². The Labute approximate surface area is 105 Å². The van der Waals surface area contributed by atoms with Crippen LogP contribution >= 0.6 is 11.3 Å².